The molecule has 1 aliphatic heterocycles. The minimum absolute atomic E-state index is 0.0104. The van der Waals surface area contributed by atoms with Gasteiger partial charge in [-0.05, 0) is 36.8 Å². The van der Waals surface area contributed by atoms with Crippen molar-refractivity contribution in [2.75, 3.05) is 12.0 Å². The number of benzene rings is 1. The summed E-state index contributed by atoms with van der Waals surface area (Å²) in [7, 11) is -1.60. The van der Waals surface area contributed by atoms with Crippen LogP contribution in [0.25, 0.3) is 0 Å². The van der Waals surface area contributed by atoms with Crippen LogP contribution in [0.15, 0.2) is 23.2 Å². The average molecular weight is 575 g/mol. The van der Waals surface area contributed by atoms with E-state index in [2.05, 4.69) is 10.3 Å². The molecular formula is C22H25BCl2N2O9S. The molecule has 1 fully saturated rings. The van der Waals surface area contributed by atoms with Gasteiger partial charge in [0.25, 0.3) is 17.8 Å². The van der Waals surface area contributed by atoms with Gasteiger partial charge in [-0.2, -0.15) is 11.8 Å². The van der Waals surface area contributed by atoms with E-state index in [4.69, 9.17) is 32.5 Å². The molecule has 3 N–H and O–H groups in total. The second-order valence-electron chi connectivity index (χ2n) is 8.65. The molecule has 0 spiro atoms. The minimum Gasteiger partial charge on any atom is -0.508 e. The largest absolute Gasteiger partial charge is 0.552 e. The molecule has 0 aliphatic carbocycles. The molecule has 200 valence electrons. The molecule has 0 radical (unpaired) electrons. The topological polar surface area (TPSA) is 169 Å². The normalized spacial score (nSPS) is 18.8. The predicted molar refractivity (Wildman–Crippen MR) is 138 cm³/mol. The highest BCUT2D eigenvalue weighted by molar-refractivity contribution is 7.99. The summed E-state index contributed by atoms with van der Waals surface area (Å²) in [6.45, 7) is 3.60. The van der Waals surface area contributed by atoms with Crippen LogP contribution in [-0.2, 0) is 28.5 Å². The molecular weight excluding hydrogens is 550 g/mol. The number of hydrogen-bond donors (Lipinski definition) is 3. The Morgan fingerprint density at radius 1 is 1.24 bits per heavy atom. The molecule has 1 saturated heterocycles. The number of carboxylic acids is 2. The highest BCUT2D eigenvalue weighted by Gasteiger charge is 2.54. The van der Waals surface area contributed by atoms with E-state index >= 15 is 0 Å². The molecule has 1 aromatic rings. The van der Waals surface area contributed by atoms with Gasteiger partial charge in [-0.25, -0.2) is 9.79 Å². The van der Waals surface area contributed by atoms with Gasteiger partial charge in [-0.1, -0.05) is 37.0 Å². The fourth-order valence-electron chi connectivity index (χ4n) is 3.53. The summed E-state index contributed by atoms with van der Waals surface area (Å²) < 4.78 is 10.7. The van der Waals surface area contributed by atoms with Crippen molar-refractivity contribution in [3.05, 3.63) is 33.8 Å². The summed E-state index contributed by atoms with van der Waals surface area (Å²) in [4.78, 5) is 65.3. The third-order valence-corrected chi connectivity index (χ3v) is 6.28. The fraction of sp³-hybridized carbons (Fsp3) is 0.455. The Kier molecular flexibility index (Phi) is 11.0. The first kappa shape index (κ1) is 30.6. The van der Waals surface area contributed by atoms with Crippen molar-refractivity contribution in [3.63, 3.8) is 0 Å². The second kappa shape index (κ2) is 13.3. The summed E-state index contributed by atoms with van der Waals surface area (Å²) in [5.74, 6) is -6.90. The number of halogens is 2. The van der Waals surface area contributed by atoms with Gasteiger partial charge in [0.1, 0.15) is 5.71 Å². The number of carboxylic acid groups (broad SMARTS) is 2. The minimum atomic E-state index is -2.37. The second-order valence-corrected chi connectivity index (χ2v) is 10.4. The van der Waals surface area contributed by atoms with Crippen LogP contribution in [0.1, 0.15) is 43.5 Å². The number of carbonyl (C=O) groups is 5. The third kappa shape index (κ3) is 8.45. The summed E-state index contributed by atoms with van der Waals surface area (Å²) >= 11 is 13.2. The first-order chi connectivity index (χ1) is 17.3. The van der Waals surface area contributed by atoms with Gasteiger partial charge in [0.05, 0.1) is 29.4 Å². The molecule has 1 unspecified atom stereocenters. The van der Waals surface area contributed by atoms with Crippen LogP contribution in [-0.4, -0.2) is 76.3 Å². The van der Waals surface area contributed by atoms with Gasteiger partial charge in [0, 0.05) is 10.8 Å². The number of thioether (sulfide) groups is 1. The monoisotopic (exact) mass is 574 g/mol. The average Bonchev–Trinajstić information content (AvgIpc) is 2.78. The third-order valence-electron chi connectivity index (χ3n) is 5.15. The van der Waals surface area contributed by atoms with Gasteiger partial charge in [-0.3, -0.25) is 19.2 Å². The molecule has 1 aromatic carbocycles. The Morgan fingerprint density at radius 3 is 2.49 bits per heavy atom. The molecule has 1 aliphatic rings. The molecule has 37 heavy (non-hydrogen) atoms. The maximum atomic E-state index is 13.2. The van der Waals surface area contributed by atoms with Crippen LogP contribution in [0.4, 0.5) is 0 Å². The van der Waals surface area contributed by atoms with Gasteiger partial charge in [0.15, 0.2) is 5.60 Å². The quantitative estimate of drug-likeness (QED) is 0.264. The lowest BCUT2D eigenvalue weighted by molar-refractivity contribution is -0.175. The Balaban J connectivity index is 2.37. The predicted octanol–water partition coefficient (Wildman–Crippen LogP) is 2.76. The van der Waals surface area contributed by atoms with E-state index in [0.29, 0.717) is 0 Å². The molecule has 15 heteroatoms. The highest BCUT2D eigenvalue weighted by Crippen LogP contribution is 2.30. The number of aliphatic carboxylic acids is 2. The van der Waals surface area contributed by atoms with Crippen molar-refractivity contribution in [2.24, 2.45) is 10.9 Å². The highest BCUT2D eigenvalue weighted by atomic mass is 35.5. The smallest absolute Gasteiger partial charge is 0.508 e. The zero-order valence-corrected chi connectivity index (χ0v) is 22.5. The maximum Gasteiger partial charge on any atom is 0.552 e. The number of amides is 2. The molecule has 0 aromatic heterocycles. The zero-order chi connectivity index (χ0) is 27.9. The standard InChI is InChI=1S/C22H25BCl2N2O9S/c1-11(2)6-16(23-35-18(30)9-22(36-23,21(33)34)8-17(28)29)27-20(32)15(10-37-3)26-19(31)13-7-12(24)4-5-14(13)25/h4-5,7,11,16H,6,8-10H2,1-3H3,(H,27,32)(H,28,29)(H,33,34)/b26-15+/t16-,22?/m0/s1. The zero-order valence-electron chi connectivity index (χ0n) is 20.2. The number of aliphatic imine (C=N–C) groups is 1. The van der Waals surface area contributed by atoms with Crippen LogP contribution in [0.2, 0.25) is 10.0 Å². The maximum absolute atomic E-state index is 13.2. The lowest BCUT2D eigenvalue weighted by Gasteiger charge is -2.37. The summed E-state index contributed by atoms with van der Waals surface area (Å²) in [5, 5.41) is 21.8. The van der Waals surface area contributed by atoms with Gasteiger partial charge in [-0.15, -0.1) is 0 Å². The van der Waals surface area contributed by atoms with Gasteiger partial charge >= 0.3 is 19.1 Å². The van der Waals surface area contributed by atoms with Crippen LogP contribution in [0.5, 0.6) is 0 Å². The van der Waals surface area contributed by atoms with E-state index < -0.39 is 61.2 Å². The van der Waals surface area contributed by atoms with Crippen LogP contribution in [0.3, 0.4) is 0 Å². The lowest BCUT2D eigenvalue weighted by atomic mass is 9.70. The fourth-order valence-corrected chi connectivity index (χ4v) is 4.37. The van der Waals surface area contributed by atoms with E-state index in [-0.39, 0.29) is 39.4 Å². The van der Waals surface area contributed by atoms with E-state index in [9.17, 15) is 34.2 Å². The van der Waals surface area contributed by atoms with Crippen LogP contribution in [0, 0.1) is 5.92 Å². The Bertz CT molecular complexity index is 1110. The van der Waals surface area contributed by atoms with Crippen molar-refractivity contribution in [1.82, 2.24) is 5.32 Å². The number of carbonyl (C=O) groups excluding carboxylic acids is 3. The van der Waals surface area contributed by atoms with Crippen molar-refractivity contribution in [1.29, 1.82) is 0 Å². The summed E-state index contributed by atoms with van der Waals surface area (Å²) in [6.07, 6.45) is 0.0311. The molecule has 0 saturated carbocycles. The number of hydrogen-bond acceptors (Lipinski definition) is 8. The Hall–Kier alpha value is -2.61. The van der Waals surface area contributed by atoms with Crippen molar-refractivity contribution < 1.29 is 43.5 Å². The molecule has 2 rings (SSSR count). The van der Waals surface area contributed by atoms with Gasteiger partial charge < -0.3 is 24.8 Å². The van der Waals surface area contributed by atoms with Crippen molar-refractivity contribution in [2.45, 2.75) is 44.7 Å². The number of rotatable bonds is 11. The summed E-state index contributed by atoms with van der Waals surface area (Å²) in [5.41, 5.74) is -2.57. The van der Waals surface area contributed by atoms with E-state index in [0.717, 1.165) is 0 Å². The molecule has 11 nitrogen and oxygen atoms in total. The van der Waals surface area contributed by atoms with E-state index in [1.807, 2.05) is 0 Å². The van der Waals surface area contributed by atoms with Crippen molar-refractivity contribution in [3.8, 4) is 0 Å². The van der Waals surface area contributed by atoms with E-state index in [1.165, 1.54) is 30.0 Å². The first-order valence-corrected chi connectivity index (χ1v) is 13.1. The Morgan fingerprint density at radius 2 is 1.92 bits per heavy atom. The van der Waals surface area contributed by atoms with E-state index in [1.54, 1.807) is 20.1 Å². The molecule has 2 amide bonds. The van der Waals surface area contributed by atoms with Crippen molar-refractivity contribution >= 4 is 77.5 Å². The molecule has 0 bridgehead atoms. The summed E-state index contributed by atoms with van der Waals surface area (Å²) in [6, 6.07) is 4.22. The van der Waals surface area contributed by atoms with Crippen LogP contribution >= 0.6 is 35.0 Å². The van der Waals surface area contributed by atoms with Crippen LogP contribution < -0.4 is 5.32 Å². The Labute approximate surface area is 227 Å². The SMILES string of the molecule is CSC/C(=N\C(=O)c1cc(Cl)ccc1Cl)C(=O)N[C@@H](CC(C)C)B1OC(=O)CC(CC(=O)O)(C(=O)O)O1. The lowest BCUT2D eigenvalue weighted by Crippen LogP contribution is -2.61. The molecule has 2 atom stereocenters. The number of nitrogens with zero attached hydrogens (tertiary/aromatic N) is 1. The first-order valence-electron chi connectivity index (χ1n) is 11.0. The van der Waals surface area contributed by atoms with Gasteiger partial charge in [0.2, 0.25) is 0 Å². The number of nitrogens with one attached hydrogen (secondary N) is 1. The molecule has 1 heterocycles.